The number of hydrogen-bond donors (Lipinski definition) is 0. The van der Waals surface area contributed by atoms with Crippen LogP contribution in [0.1, 0.15) is 10.4 Å². The molecule has 0 N–H and O–H groups in total. The van der Waals surface area contributed by atoms with Crippen molar-refractivity contribution in [3.8, 4) is 11.1 Å². The van der Waals surface area contributed by atoms with Crippen molar-refractivity contribution in [1.82, 2.24) is 0 Å². The zero-order chi connectivity index (χ0) is 15.9. The van der Waals surface area contributed by atoms with Crippen LogP contribution in [-0.2, 0) is 0 Å². The minimum atomic E-state index is -1.89. The molecule has 21 heavy (non-hydrogen) atoms. The van der Waals surface area contributed by atoms with E-state index in [0.29, 0.717) is 0 Å². The number of benzene rings is 2. The Balaban J connectivity index is 2.85. The van der Waals surface area contributed by atoms with Crippen LogP contribution in [0.2, 0.25) is 10.0 Å². The Labute approximate surface area is 131 Å². The molecule has 0 saturated carbocycles. The Morgan fingerprint density at radius 2 is 1.43 bits per heavy atom. The van der Waals surface area contributed by atoms with Gasteiger partial charge in [-0.05, 0) is 23.7 Å². The highest BCUT2D eigenvalue weighted by Crippen LogP contribution is 2.37. The molecule has 2 aromatic rings. The van der Waals surface area contributed by atoms with Crippen molar-refractivity contribution in [2.75, 3.05) is 0 Å². The summed E-state index contributed by atoms with van der Waals surface area (Å²) < 4.78 is 55.3. The molecule has 2 aromatic carbocycles. The highest BCUT2D eigenvalue weighted by Gasteiger charge is 2.30. The lowest BCUT2D eigenvalue weighted by Crippen LogP contribution is -2.08. The zero-order valence-electron chi connectivity index (χ0n) is 9.79. The van der Waals surface area contributed by atoms with E-state index in [1.165, 1.54) is 6.07 Å². The van der Waals surface area contributed by atoms with E-state index in [1.54, 1.807) is 0 Å². The molecular weight excluding hydrogens is 354 g/mol. The lowest BCUT2D eigenvalue weighted by molar-refractivity contribution is 0.107. The third-order valence-corrected chi connectivity index (χ3v) is 3.40. The average molecular weight is 358 g/mol. The smallest absolute Gasteiger partial charge is 0.258 e. The summed E-state index contributed by atoms with van der Waals surface area (Å²) in [6.45, 7) is 0. The minimum absolute atomic E-state index is 0.165. The number of carbonyl (C=O) groups is 1. The van der Waals surface area contributed by atoms with Crippen LogP contribution in [-0.4, -0.2) is 5.24 Å². The summed E-state index contributed by atoms with van der Waals surface area (Å²) in [5, 5.41) is -1.71. The number of halogens is 7. The van der Waals surface area contributed by atoms with Gasteiger partial charge in [-0.25, -0.2) is 17.6 Å². The SMILES string of the molecule is O=C(Cl)c1c(F)c(F)c(-c2ccc(Cl)cc2Cl)c(F)c1F. The number of rotatable bonds is 2. The van der Waals surface area contributed by atoms with Crippen LogP contribution in [0.4, 0.5) is 17.6 Å². The fourth-order valence-electron chi connectivity index (χ4n) is 1.73. The van der Waals surface area contributed by atoms with Gasteiger partial charge in [0.1, 0.15) is 5.56 Å². The lowest BCUT2D eigenvalue weighted by Gasteiger charge is -2.11. The normalized spacial score (nSPS) is 10.8. The second-order valence-electron chi connectivity index (χ2n) is 3.90. The quantitative estimate of drug-likeness (QED) is 0.389. The van der Waals surface area contributed by atoms with Crippen LogP contribution in [0.15, 0.2) is 18.2 Å². The molecule has 0 aliphatic rings. The second kappa shape index (κ2) is 5.83. The van der Waals surface area contributed by atoms with E-state index in [-0.39, 0.29) is 15.6 Å². The first kappa shape index (κ1) is 16.1. The van der Waals surface area contributed by atoms with Crippen LogP contribution >= 0.6 is 34.8 Å². The predicted octanol–water partition coefficient (Wildman–Crippen LogP) is 5.60. The fraction of sp³-hybridized carbons (Fsp3) is 0. The van der Waals surface area contributed by atoms with Crippen LogP contribution in [0.25, 0.3) is 11.1 Å². The van der Waals surface area contributed by atoms with Crippen LogP contribution < -0.4 is 0 Å². The second-order valence-corrected chi connectivity index (χ2v) is 5.09. The molecule has 0 amide bonds. The summed E-state index contributed by atoms with van der Waals surface area (Å²) in [6, 6.07) is 3.47. The summed E-state index contributed by atoms with van der Waals surface area (Å²) in [4.78, 5) is 10.9. The van der Waals surface area contributed by atoms with Gasteiger partial charge >= 0.3 is 0 Å². The third-order valence-electron chi connectivity index (χ3n) is 2.66. The van der Waals surface area contributed by atoms with Crippen LogP contribution in [0.3, 0.4) is 0 Å². The summed E-state index contributed by atoms with van der Waals surface area (Å²) >= 11 is 16.3. The van der Waals surface area contributed by atoms with Gasteiger partial charge in [0.25, 0.3) is 5.24 Å². The van der Waals surface area contributed by atoms with Crippen LogP contribution in [0, 0.1) is 23.3 Å². The first-order chi connectivity index (χ1) is 9.75. The van der Waals surface area contributed by atoms with E-state index in [0.717, 1.165) is 12.1 Å². The molecule has 110 valence electrons. The molecule has 0 aromatic heterocycles. The van der Waals surface area contributed by atoms with Gasteiger partial charge < -0.3 is 0 Å². The molecule has 0 aliphatic carbocycles. The van der Waals surface area contributed by atoms with Crippen LogP contribution in [0.5, 0.6) is 0 Å². The molecule has 8 heteroatoms. The van der Waals surface area contributed by atoms with Crippen molar-refractivity contribution in [3.63, 3.8) is 0 Å². The van der Waals surface area contributed by atoms with E-state index >= 15 is 0 Å². The Bertz CT molecular complexity index is 733. The van der Waals surface area contributed by atoms with Gasteiger partial charge in [0.2, 0.25) is 0 Å². The zero-order valence-corrected chi connectivity index (χ0v) is 12.1. The van der Waals surface area contributed by atoms with E-state index in [9.17, 15) is 22.4 Å². The molecule has 0 radical (unpaired) electrons. The Kier molecular flexibility index (Phi) is 4.46. The molecule has 0 saturated heterocycles. The van der Waals surface area contributed by atoms with Crippen molar-refractivity contribution >= 4 is 40.0 Å². The van der Waals surface area contributed by atoms with Crippen molar-refractivity contribution < 1.29 is 22.4 Å². The first-order valence-corrected chi connectivity index (χ1v) is 6.40. The maximum Gasteiger partial charge on any atom is 0.258 e. The molecule has 0 atom stereocenters. The highest BCUT2D eigenvalue weighted by atomic mass is 35.5. The molecule has 0 spiro atoms. The molecule has 2 rings (SSSR count). The van der Waals surface area contributed by atoms with Crippen molar-refractivity contribution in [2.45, 2.75) is 0 Å². The minimum Gasteiger partial charge on any atom is -0.275 e. The molecule has 0 bridgehead atoms. The van der Waals surface area contributed by atoms with Crippen molar-refractivity contribution in [2.24, 2.45) is 0 Å². The maximum absolute atomic E-state index is 13.9. The molecule has 0 unspecified atom stereocenters. The average Bonchev–Trinajstić information content (AvgIpc) is 2.39. The molecule has 1 nitrogen and oxygen atoms in total. The van der Waals surface area contributed by atoms with Gasteiger partial charge in [-0.1, -0.05) is 29.3 Å². The van der Waals surface area contributed by atoms with Crippen molar-refractivity contribution in [3.05, 3.63) is 57.1 Å². The van der Waals surface area contributed by atoms with Gasteiger partial charge in [0.15, 0.2) is 23.3 Å². The van der Waals surface area contributed by atoms with E-state index in [1.807, 2.05) is 0 Å². The Morgan fingerprint density at radius 3 is 1.86 bits per heavy atom. The lowest BCUT2D eigenvalue weighted by atomic mass is 10.0. The Morgan fingerprint density at radius 1 is 0.905 bits per heavy atom. The van der Waals surface area contributed by atoms with E-state index in [2.05, 4.69) is 0 Å². The number of carbonyl (C=O) groups excluding carboxylic acids is 1. The predicted molar refractivity (Wildman–Crippen MR) is 71.9 cm³/mol. The van der Waals surface area contributed by atoms with Gasteiger partial charge in [-0.2, -0.15) is 0 Å². The summed E-state index contributed by atoms with van der Waals surface area (Å²) in [7, 11) is 0. The van der Waals surface area contributed by atoms with E-state index in [4.69, 9.17) is 34.8 Å². The van der Waals surface area contributed by atoms with Gasteiger partial charge in [-0.3, -0.25) is 4.79 Å². The molecular formula is C13H3Cl3F4O. The molecule has 0 fully saturated rings. The topological polar surface area (TPSA) is 17.1 Å². The monoisotopic (exact) mass is 356 g/mol. The maximum atomic E-state index is 13.9. The standard InChI is InChI=1S/C13H3Cl3F4O/c14-4-1-2-5(6(15)3-4)7-9(17)11(19)8(13(16)21)12(20)10(7)18/h1-3H. The Hall–Kier alpha value is -1.30. The summed E-state index contributed by atoms with van der Waals surface area (Å²) in [5.41, 5.74) is -2.86. The largest absolute Gasteiger partial charge is 0.275 e. The number of hydrogen-bond acceptors (Lipinski definition) is 1. The van der Waals surface area contributed by atoms with E-state index < -0.39 is 39.6 Å². The van der Waals surface area contributed by atoms with Crippen molar-refractivity contribution in [1.29, 1.82) is 0 Å². The van der Waals surface area contributed by atoms with Gasteiger partial charge in [-0.15, -0.1) is 0 Å². The molecule has 0 heterocycles. The highest BCUT2D eigenvalue weighted by molar-refractivity contribution is 6.67. The molecule has 0 aliphatic heterocycles. The fourth-order valence-corrected chi connectivity index (χ4v) is 2.40. The third kappa shape index (κ3) is 2.73. The first-order valence-electron chi connectivity index (χ1n) is 5.27. The van der Waals surface area contributed by atoms with Gasteiger partial charge in [0, 0.05) is 10.6 Å². The summed E-state index contributed by atoms with van der Waals surface area (Å²) in [5.74, 6) is -7.34. The van der Waals surface area contributed by atoms with Gasteiger partial charge in [0.05, 0.1) is 10.6 Å². The summed E-state index contributed by atoms with van der Waals surface area (Å²) in [6.07, 6.45) is 0.